The standard InChI is InChI=1S/C16H30O/c1-2-3-13-16(17)14-11-9-7-5-4-6-8-10-12-15-16/h11,14,17H,2-10,12-13,15H2,1H3/b14-11-. The van der Waals surface area contributed by atoms with Gasteiger partial charge in [0.1, 0.15) is 0 Å². The van der Waals surface area contributed by atoms with Gasteiger partial charge in [-0.2, -0.15) is 0 Å². The van der Waals surface area contributed by atoms with E-state index in [1.807, 2.05) is 0 Å². The number of aliphatic hydroxyl groups is 1. The van der Waals surface area contributed by atoms with Gasteiger partial charge in [-0.05, 0) is 25.7 Å². The van der Waals surface area contributed by atoms with E-state index in [0.29, 0.717) is 0 Å². The van der Waals surface area contributed by atoms with E-state index in [-0.39, 0.29) is 0 Å². The second-order valence-electron chi connectivity index (χ2n) is 5.62. The maximum absolute atomic E-state index is 10.6. The van der Waals surface area contributed by atoms with Crippen molar-refractivity contribution in [1.82, 2.24) is 0 Å². The highest BCUT2D eigenvalue weighted by molar-refractivity contribution is 5.00. The lowest BCUT2D eigenvalue weighted by Crippen LogP contribution is -2.25. The van der Waals surface area contributed by atoms with Crippen molar-refractivity contribution in [1.29, 1.82) is 0 Å². The van der Waals surface area contributed by atoms with Crippen LogP contribution in [-0.4, -0.2) is 10.7 Å². The largest absolute Gasteiger partial charge is 0.386 e. The third-order valence-electron chi connectivity index (χ3n) is 3.87. The van der Waals surface area contributed by atoms with Crippen molar-refractivity contribution in [3.8, 4) is 0 Å². The van der Waals surface area contributed by atoms with Crippen LogP contribution >= 0.6 is 0 Å². The number of allylic oxidation sites excluding steroid dienone is 1. The molecule has 100 valence electrons. The molecule has 0 aromatic heterocycles. The Bertz CT molecular complexity index is 210. The zero-order valence-corrected chi connectivity index (χ0v) is 11.6. The Morgan fingerprint density at radius 3 is 2.35 bits per heavy atom. The molecule has 1 atom stereocenters. The summed E-state index contributed by atoms with van der Waals surface area (Å²) in [5, 5.41) is 10.6. The molecule has 0 amide bonds. The van der Waals surface area contributed by atoms with Gasteiger partial charge in [0.15, 0.2) is 0 Å². The Kier molecular flexibility index (Phi) is 7.59. The smallest absolute Gasteiger partial charge is 0.0827 e. The molecule has 0 fully saturated rings. The van der Waals surface area contributed by atoms with Crippen LogP contribution in [0.2, 0.25) is 0 Å². The van der Waals surface area contributed by atoms with Crippen LogP contribution in [0.3, 0.4) is 0 Å². The molecular weight excluding hydrogens is 208 g/mol. The van der Waals surface area contributed by atoms with Gasteiger partial charge < -0.3 is 5.11 Å². The van der Waals surface area contributed by atoms with Crippen molar-refractivity contribution in [2.75, 3.05) is 0 Å². The lowest BCUT2D eigenvalue weighted by atomic mass is 9.89. The highest BCUT2D eigenvalue weighted by atomic mass is 16.3. The molecule has 1 N–H and O–H groups in total. The Morgan fingerprint density at radius 1 is 1.00 bits per heavy atom. The summed E-state index contributed by atoms with van der Waals surface area (Å²) in [4.78, 5) is 0. The van der Waals surface area contributed by atoms with E-state index in [2.05, 4.69) is 19.1 Å². The Hall–Kier alpha value is -0.300. The van der Waals surface area contributed by atoms with E-state index in [4.69, 9.17) is 0 Å². The molecule has 0 radical (unpaired) electrons. The van der Waals surface area contributed by atoms with E-state index in [1.165, 1.54) is 51.4 Å². The van der Waals surface area contributed by atoms with Gasteiger partial charge in [0, 0.05) is 0 Å². The Balaban J connectivity index is 2.47. The van der Waals surface area contributed by atoms with Crippen LogP contribution in [0.25, 0.3) is 0 Å². The van der Waals surface area contributed by atoms with Crippen molar-refractivity contribution < 1.29 is 5.11 Å². The van der Waals surface area contributed by atoms with Gasteiger partial charge in [-0.3, -0.25) is 0 Å². The third-order valence-corrected chi connectivity index (χ3v) is 3.87. The first-order chi connectivity index (χ1) is 8.27. The summed E-state index contributed by atoms with van der Waals surface area (Å²) in [7, 11) is 0. The van der Waals surface area contributed by atoms with Gasteiger partial charge in [-0.15, -0.1) is 0 Å². The lowest BCUT2D eigenvalue weighted by molar-refractivity contribution is 0.0664. The molecule has 0 aliphatic heterocycles. The van der Waals surface area contributed by atoms with Gasteiger partial charge in [0.05, 0.1) is 5.60 Å². The summed E-state index contributed by atoms with van der Waals surface area (Å²) in [6.45, 7) is 2.20. The molecule has 1 rings (SSSR count). The zero-order chi connectivity index (χ0) is 12.4. The van der Waals surface area contributed by atoms with Crippen molar-refractivity contribution in [3.63, 3.8) is 0 Å². The average Bonchev–Trinajstić information content (AvgIpc) is 2.32. The highest BCUT2D eigenvalue weighted by Gasteiger charge is 2.21. The second-order valence-corrected chi connectivity index (χ2v) is 5.62. The summed E-state index contributed by atoms with van der Waals surface area (Å²) in [5.74, 6) is 0. The number of hydrogen-bond donors (Lipinski definition) is 1. The SMILES string of the molecule is CCCCC1(O)/C=C\CCCCCCCCC1. The first-order valence-corrected chi connectivity index (χ1v) is 7.67. The lowest BCUT2D eigenvalue weighted by Gasteiger charge is -2.25. The number of hydrogen-bond acceptors (Lipinski definition) is 1. The van der Waals surface area contributed by atoms with E-state index >= 15 is 0 Å². The van der Waals surface area contributed by atoms with E-state index in [1.54, 1.807) is 0 Å². The molecule has 17 heavy (non-hydrogen) atoms. The zero-order valence-electron chi connectivity index (χ0n) is 11.6. The summed E-state index contributed by atoms with van der Waals surface area (Å²) >= 11 is 0. The summed E-state index contributed by atoms with van der Waals surface area (Å²) < 4.78 is 0. The van der Waals surface area contributed by atoms with E-state index < -0.39 is 5.60 Å². The molecule has 0 aromatic carbocycles. The molecule has 0 saturated heterocycles. The third kappa shape index (κ3) is 6.88. The fourth-order valence-electron chi connectivity index (χ4n) is 2.65. The first kappa shape index (κ1) is 14.8. The first-order valence-electron chi connectivity index (χ1n) is 7.67. The van der Waals surface area contributed by atoms with Gasteiger partial charge in [-0.25, -0.2) is 0 Å². The number of rotatable bonds is 3. The molecule has 0 aromatic rings. The van der Waals surface area contributed by atoms with Crippen molar-refractivity contribution >= 4 is 0 Å². The summed E-state index contributed by atoms with van der Waals surface area (Å²) in [5.41, 5.74) is -0.505. The van der Waals surface area contributed by atoms with Crippen molar-refractivity contribution in [2.24, 2.45) is 0 Å². The highest BCUT2D eigenvalue weighted by Crippen LogP contribution is 2.25. The van der Waals surface area contributed by atoms with Gasteiger partial charge >= 0.3 is 0 Å². The van der Waals surface area contributed by atoms with Gasteiger partial charge in [0.25, 0.3) is 0 Å². The summed E-state index contributed by atoms with van der Waals surface area (Å²) in [6, 6.07) is 0. The molecule has 0 saturated carbocycles. The van der Waals surface area contributed by atoms with Crippen LogP contribution < -0.4 is 0 Å². The van der Waals surface area contributed by atoms with Gasteiger partial charge in [0.2, 0.25) is 0 Å². The maximum atomic E-state index is 10.6. The minimum absolute atomic E-state index is 0.505. The Morgan fingerprint density at radius 2 is 1.65 bits per heavy atom. The van der Waals surface area contributed by atoms with Crippen LogP contribution in [0.15, 0.2) is 12.2 Å². The quantitative estimate of drug-likeness (QED) is 0.687. The normalized spacial score (nSPS) is 30.2. The molecule has 0 heterocycles. The number of unbranched alkanes of at least 4 members (excludes halogenated alkanes) is 1. The molecule has 0 bridgehead atoms. The van der Waals surface area contributed by atoms with Crippen LogP contribution in [0.5, 0.6) is 0 Å². The fraction of sp³-hybridized carbons (Fsp3) is 0.875. The predicted molar refractivity (Wildman–Crippen MR) is 75.2 cm³/mol. The topological polar surface area (TPSA) is 20.2 Å². The molecule has 1 nitrogen and oxygen atoms in total. The van der Waals surface area contributed by atoms with Crippen LogP contribution in [0.4, 0.5) is 0 Å². The molecule has 1 unspecified atom stereocenters. The summed E-state index contributed by atoms with van der Waals surface area (Å²) in [6.07, 6.45) is 19.0. The average molecular weight is 238 g/mol. The van der Waals surface area contributed by atoms with E-state index in [0.717, 1.165) is 25.7 Å². The van der Waals surface area contributed by atoms with Crippen molar-refractivity contribution in [3.05, 3.63) is 12.2 Å². The fourth-order valence-corrected chi connectivity index (χ4v) is 2.65. The molecule has 1 heteroatoms. The maximum Gasteiger partial charge on any atom is 0.0827 e. The molecular formula is C16H30O. The monoisotopic (exact) mass is 238 g/mol. The minimum atomic E-state index is -0.505. The molecule has 1 aliphatic carbocycles. The van der Waals surface area contributed by atoms with Gasteiger partial charge in [-0.1, -0.05) is 70.4 Å². The molecule has 0 spiro atoms. The predicted octanol–water partition coefficient (Wildman–Crippen LogP) is 4.99. The van der Waals surface area contributed by atoms with Crippen LogP contribution in [0, 0.1) is 0 Å². The van der Waals surface area contributed by atoms with E-state index in [9.17, 15) is 5.11 Å². The van der Waals surface area contributed by atoms with Crippen LogP contribution in [0.1, 0.15) is 84.0 Å². The molecule has 1 aliphatic rings. The van der Waals surface area contributed by atoms with Crippen LogP contribution in [-0.2, 0) is 0 Å². The minimum Gasteiger partial charge on any atom is -0.386 e. The second kappa shape index (κ2) is 8.74. The Labute approximate surface area is 107 Å². The van der Waals surface area contributed by atoms with Crippen molar-refractivity contribution in [2.45, 2.75) is 89.6 Å².